The highest BCUT2D eigenvalue weighted by Crippen LogP contribution is 2.24. The lowest BCUT2D eigenvalue weighted by Crippen LogP contribution is -2.52. The number of likely N-dealkylation sites (N-methyl/N-ethyl adjacent to an activating group) is 1. The average molecular weight is 385 g/mol. The van der Waals surface area contributed by atoms with Crippen molar-refractivity contribution < 1.29 is 9.90 Å². The van der Waals surface area contributed by atoms with Gasteiger partial charge in [-0.25, -0.2) is 4.79 Å². The number of carboxylic acid groups (broad SMARTS) is 1. The molecule has 0 saturated carbocycles. The molecule has 1 unspecified atom stereocenters. The molecule has 2 N–H and O–H groups in total. The molecule has 0 bridgehead atoms. The molecule has 0 amide bonds. The topological polar surface area (TPSA) is 67.2 Å². The van der Waals surface area contributed by atoms with E-state index in [0.29, 0.717) is 6.54 Å². The second-order valence-electron chi connectivity index (χ2n) is 4.46. The molecule has 1 atom stereocenters. The van der Waals surface area contributed by atoms with Gasteiger partial charge < -0.3 is 5.11 Å². The Balaban J connectivity index is 2.44. The van der Waals surface area contributed by atoms with Crippen molar-refractivity contribution in [3.8, 4) is 0 Å². The van der Waals surface area contributed by atoms with Gasteiger partial charge in [0.2, 0.25) is 0 Å². The molecule has 1 aromatic carbocycles. The number of benzene rings is 1. The van der Waals surface area contributed by atoms with E-state index in [0.717, 1.165) is 9.13 Å². The quantitative estimate of drug-likeness (QED) is 0.748. The van der Waals surface area contributed by atoms with Gasteiger partial charge in [-0.1, -0.05) is 37.3 Å². The minimum atomic E-state index is -1.18. The van der Waals surface area contributed by atoms with Crippen LogP contribution >= 0.6 is 22.6 Å². The van der Waals surface area contributed by atoms with E-state index in [-0.39, 0.29) is 6.54 Å². The molecule has 0 fully saturated rings. The van der Waals surface area contributed by atoms with Crippen LogP contribution < -0.4 is 5.32 Å². The maximum absolute atomic E-state index is 11.9. The van der Waals surface area contributed by atoms with Gasteiger partial charge >= 0.3 is 5.97 Å². The minimum Gasteiger partial charge on any atom is -0.480 e. The van der Waals surface area contributed by atoms with Gasteiger partial charge in [-0.2, -0.15) is 5.10 Å². The van der Waals surface area contributed by atoms with Crippen LogP contribution in [0.3, 0.4) is 0 Å². The van der Waals surface area contributed by atoms with Crippen molar-refractivity contribution >= 4 is 28.6 Å². The SMILES string of the molecule is CCNC(Cn1cc(I)cn1)(C(=O)O)c1ccccc1. The van der Waals surface area contributed by atoms with Crippen LogP contribution in [0.25, 0.3) is 0 Å². The Morgan fingerprint density at radius 2 is 2.15 bits per heavy atom. The molecule has 0 aliphatic rings. The molecule has 20 heavy (non-hydrogen) atoms. The van der Waals surface area contributed by atoms with Crippen LogP contribution in [-0.2, 0) is 16.9 Å². The van der Waals surface area contributed by atoms with Gasteiger partial charge in [0.25, 0.3) is 0 Å². The Hall–Kier alpha value is -1.41. The Labute approximate surface area is 131 Å². The molecule has 6 heteroatoms. The normalized spacial score (nSPS) is 13.9. The van der Waals surface area contributed by atoms with Crippen molar-refractivity contribution in [2.75, 3.05) is 6.54 Å². The van der Waals surface area contributed by atoms with Crippen LogP contribution in [0, 0.1) is 3.57 Å². The third-order valence-electron chi connectivity index (χ3n) is 3.11. The summed E-state index contributed by atoms with van der Waals surface area (Å²) in [6, 6.07) is 9.21. The molecule has 2 rings (SSSR count). The van der Waals surface area contributed by atoms with Gasteiger partial charge in [-0.15, -0.1) is 0 Å². The predicted molar refractivity (Wildman–Crippen MR) is 84.4 cm³/mol. The number of hydrogen-bond donors (Lipinski definition) is 2. The highest BCUT2D eigenvalue weighted by molar-refractivity contribution is 14.1. The van der Waals surface area contributed by atoms with Crippen molar-refractivity contribution in [3.05, 3.63) is 51.9 Å². The van der Waals surface area contributed by atoms with Crippen molar-refractivity contribution in [2.24, 2.45) is 0 Å². The highest BCUT2D eigenvalue weighted by Gasteiger charge is 2.40. The van der Waals surface area contributed by atoms with Crippen molar-refractivity contribution in [1.82, 2.24) is 15.1 Å². The van der Waals surface area contributed by atoms with Crippen LogP contribution in [-0.4, -0.2) is 27.4 Å². The van der Waals surface area contributed by atoms with E-state index >= 15 is 0 Å². The molecule has 1 heterocycles. The van der Waals surface area contributed by atoms with E-state index in [2.05, 4.69) is 33.0 Å². The number of nitrogens with one attached hydrogen (secondary N) is 1. The number of aromatic nitrogens is 2. The summed E-state index contributed by atoms with van der Waals surface area (Å²) in [5.74, 6) is -0.906. The molecule has 5 nitrogen and oxygen atoms in total. The zero-order valence-electron chi connectivity index (χ0n) is 11.1. The van der Waals surface area contributed by atoms with Crippen LogP contribution in [0.2, 0.25) is 0 Å². The zero-order valence-corrected chi connectivity index (χ0v) is 13.2. The summed E-state index contributed by atoms with van der Waals surface area (Å²) in [5, 5.41) is 17.1. The summed E-state index contributed by atoms with van der Waals surface area (Å²) in [7, 11) is 0. The van der Waals surface area contributed by atoms with Crippen LogP contribution in [0.1, 0.15) is 12.5 Å². The summed E-state index contributed by atoms with van der Waals surface area (Å²) < 4.78 is 2.64. The summed E-state index contributed by atoms with van der Waals surface area (Å²) in [5.41, 5.74) is -0.453. The first-order valence-corrected chi connectivity index (χ1v) is 7.38. The van der Waals surface area contributed by atoms with Crippen molar-refractivity contribution in [1.29, 1.82) is 0 Å². The number of carbonyl (C=O) groups is 1. The lowest BCUT2D eigenvalue weighted by molar-refractivity contribution is -0.146. The number of rotatable bonds is 6. The lowest BCUT2D eigenvalue weighted by Gasteiger charge is -2.30. The summed E-state index contributed by atoms with van der Waals surface area (Å²) in [6.07, 6.45) is 3.54. The Morgan fingerprint density at radius 1 is 1.45 bits per heavy atom. The molecule has 106 valence electrons. The number of hydrogen-bond acceptors (Lipinski definition) is 3. The Bertz CT molecular complexity index is 585. The molecule has 0 aliphatic heterocycles. The molecular formula is C14H16IN3O2. The second kappa shape index (κ2) is 6.36. The van der Waals surface area contributed by atoms with Gasteiger partial charge in [0.05, 0.1) is 16.3 Å². The van der Waals surface area contributed by atoms with Gasteiger partial charge in [-0.05, 0) is 34.7 Å². The number of aliphatic carboxylic acids is 1. The largest absolute Gasteiger partial charge is 0.480 e. The first kappa shape index (κ1) is 15.0. The van der Waals surface area contributed by atoms with Crippen molar-refractivity contribution in [2.45, 2.75) is 19.0 Å². The molecule has 1 aromatic heterocycles. The van der Waals surface area contributed by atoms with Crippen LogP contribution in [0.15, 0.2) is 42.7 Å². The van der Waals surface area contributed by atoms with E-state index in [4.69, 9.17) is 0 Å². The van der Waals surface area contributed by atoms with Crippen LogP contribution in [0.5, 0.6) is 0 Å². The first-order valence-electron chi connectivity index (χ1n) is 6.30. The Kier molecular flexibility index (Phi) is 4.77. The van der Waals surface area contributed by atoms with Gasteiger partial charge in [0, 0.05) is 6.20 Å². The predicted octanol–water partition coefficient (Wildman–Crippen LogP) is 2.08. The van der Waals surface area contributed by atoms with E-state index in [9.17, 15) is 9.90 Å². The fourth-order valence-electron chi connectivity index (χ4n) is 2.21. The highest BCUT2D eigenvalue weighted by atomic mass is 127. The summed E-state index contributed by atoms with van der Waals surface area (Å²) in [6.45, 7) is 2.69. The summed E-state index contributed by atoms with van der Waals surface area (Å²) in [4.78, 5) is 11.9. The lowest BCUT2D eigenvalue weighted by atomic mass is 9.89. The van der Waals surface area contributed by atoms with Crippen LogP contribution in [0.4, 0.5) is 0 Å². The molecule has 0 radical (unpaired) electrons. The fraction of sp³-hybridized carbons (Fsp3) is 0.286. The fourth-order valence-corrected chi connectivity index (χ4v) is 2.65. The van der Waals surface area contributed by atoms with Crippen molar-refractivity contribution in [3.63, 3.8) is 0 Å². The first-order chi connectivity index (χ1) is 9.58. The second-order valence-corrected chi connectivity index (χ2v) is 5.71. The Morgan fingerprint density at radius 3 is 2.65 bits per heavy atom. The van der Waals surface area contributed by atoms with E-state index in [1.807, 2.05) is 43.5 Å². The van der Waals surface area contributed by atoms with E-state index in [1.54, 1.807) is 10.9 Å². The number of nitrogens with zero attached hydrogens (tertiary/aromatic N) is 2. The molecule has 0 spiro atoms. The monoisotopic (exact) mass is 385 g/mol. The van der Waals surface area contributed by atoms with E-state index in [1.165, 1.54) is 0 Å². The molecule has 0 saturated heterocycles. The standard InChI is InChI=1S/C14H16IN3O2/c1-2-16-14(13(19)20,11-6-4-3-5-7-11)10-18-9-12(15)8-17-18/h3-9,16H,2,10H2,1H3,(H,19,20). The zero-order chi connectivity index (χ0) is 14.6. The van der Waals surface area contributed by atoms with E-state index < -0.39 is 11.5 Å². The maximum atomic E-state index is 11.9. The summed E-state index contributed by atoms with van der Waals surface area (Å²) >= 11 is 2.15. The van der Waals surface area contributed by atoms with Gasteiger partial charge in [0.1, 0.15) is 0 Å². The average Bonchev–Trinajstić information content (AvgIpc) is 2.84. The van der Waals surface area contributed by atoms with Gasteiger partial charge in [0.15, 0.2) is 5.54 Å². The number of carboxylic acids is 1. The number of halogens is 1. The van der Waals surface area contributed by atoms with Gasteiger partial charge in [-0.3, -0.25) is 10.00 Å². The molecular weight excluding hydrogens is 369 g/mol. The third kappa shape index (κ3) is 3.01. The third-order valence-corrected chi connectivity index (χ3v) is 3.67. The minimum absolute atomic E-state index is 0.239. The molecule has 0 aliphatic carbocycles. The maximum Gasteiger partial charge on any atom is 0.330 e. The smallest absolute Gasteiger partial charge is 0.330 e. The molecule has 2 aromatic rings.